The molecule has 8 nitrogen and oxygen atoms in total. The summed E-state index contributed by atoms with van der Waals surface area (Å²) in [6.45, 7) is 1.72. The van der Waals surface area contributed by atoms with Gasteiger partial charge >= 0.3 is 0 Å². The first kappa shape index (κ1) is 18.9. The number of ether oxygens (including phenoxy) is 2. The van der Waals surface area contributed by atoms with Crippen molar-refractivity contribution in [1.82, 2.24) is 9.97 Å². The topological polar surface area (TPSA) is 111 Å². The van der Waals surface area contributed by atoms with E-state index in [1.165, 1.54) is 20.4 Å². The van der Waals surface area contributed by atoms with Crippen LogP contribution in [0.3, 0.4) is 0 Å². The standard InChI is InChI=1S/C16H21N3O5S/c1-10-17-9-15(25(4,21)22)16(19-10)18-8-12(20)11-5-6-13(23-2)14(7-11)24-3/h5-7,9,12,20H,8H2,1-4H3,(H,17,18,19). The molecule has 2 N–H and O–H groups in total. The summed E-state index contributed by atoms with van der Waals surface area (Å²) in [5.41, 5.74) is 0.594. The van der Waals surface area contributed by atoms with Crippen molar-refractivity contribution >= 4 is 15.7 Å². The minimum Gasteiger partial charge on any atom is -0.493 e. The fourth-order valence-corrected chi connectivity index (χ4v) is 2.94. The van der Waals surface area contributed by atoms with Gasteiger partial charge in [0.05, 0.1) is 26.5 Å². The van der Waals surface area contributed by atoms with Gasteiger partial charge in [0, 0.05) is 12.8 Å². The fourth-order valence-electron chi connectivity index (χ4n) is 2.23. The van der Waals surface area contributed by atoms with Crippen LogP contribution in [0, 0.1) is 6.92 Å². The SMILES string of the molecule is COc1ccc(C(O)CNc2nc(C)ncc2S(C)(=O)=O)cc1OC. The second-order valence-electron chi connectivity index (χ2n) is 5.41. The van der Waals surface area contributed by atoms with Gasteiger partial charge in [-0.3, -0.25) is 0 Å². The summed E-state index contributed by atoms with van der Waals surface area (Å²) in [6.07, 6.45) is 1.43. The molecule has 0 fully saturated rings. The normalized spacial score (nSPS) is 12.5. The first-order valence-corrected chi connectivity index (χ1v) is 9.33. The highest BCUT2D eigenvalue weighted by atomic mass is 32.2. The molecule has 1 aromatic heterocycles. The Morgan fingerprint density at radius 3 is 2.52 bits per heavy atom. The highest BCUT2D eigenvalue weighted by Crippen LogP contribution is 2.30. The zero-order valence-corrected chi connectivity index (χ0v) is 15.3. The Hall–Kier alpha value is -2.39. The highest BCUT2D eigenvalue weighted by molar-refractivity contribution is 7.90. The van der Waals surface area contributed by atoms with E-state index in [1.807, 2.05) is 0 Å². The van der Waals surface area contributed by atoms with Crippen molar-refractivity contribution in [3.8, 4) is 11.5 Å². The van der Waals surface area contributed by atoms with Gasteiger partial charge in [-0.1, -0.05) is 6.07 Å². The second kappa shape index (κ2) is 7.66. The molecule has 1 heterocycles. The van der Waals surface area contributed by atoms with Gasteiger partial charge in [0.25, 0.3) is 0 Å². The molecule has 25 heavy (non-hydrogen) atoms. The van der Waals surface area contributed by atoms with E-state index < -0.39 is 15.9 Å². The molecule has 0 saturated heterocycles. The minimum absolute atomic E-state index is 0.0161. The van der Waals surface area contributed by atoms with Gasteiger partial charge in [-0.05, 0) is 24.6 Å². The third-order valence-electron chi connectivity index (χ3n) is 3.53. The zero-order chi connectivity index (χ0) is 18.6. The van der Waals surface area contributed by atoms with Crippen LogP contribution in [-0.4, -0.2) is 50.5 Å². The molecule has 1 aromatic carbocycles. The van der Waals surface area contributed by atoms with E-state index in [-0.39, 0.29) is 17.3 Å². The van der Waals surface area contributed by atoms with Gasteiger partial charge in [0.15, 0.2) is 21.3 Å². The Morgan fingerprint density at radius 2 is 1.92 bits per heavy atom. The molecule has 0 radical (unpaired) electrons. The van der Waals surface area contributed by atoms with Gasteiger partial charge in [-0.15, -0.1) is 0 Å². The van der Waals surface area contributed by atoms with E-state index >= 15 is 0 Å². The molecule has 136 valence electrons. The molecule has 2 aromatic rings. The molecular weight excluding hydrogens is 346 g/mol. The number of methoxy groups -OCH3 is 2. The number of aromatic nitrogens is 2. The Labute approximate surface area is 146 Å². The molecule has 0 bridgehead atoms. The number of aliphatic hydroxyl groups excluding tert-OH is 1. The maximum atomic E-state index is 11.8. The monoisotopic (exact) mass is 367 g/mol. The Morgan fingerprint density at radius 1 is 1.24 bits per heavy atom. The predicted octanol–water partition coefficient (Wildman–Crippen LogP) is 1.35. The number of anilines is 1. The maximum absolute atomic E-state index is 11.8. The summed E-state index contributed by atoms with van der Waals surface area (Å²) < 4.78 is 34.0. The highest BCUT2D eigenvalue weighted by Gasteiger charge is 2.18. The van der Waals surface area contributed by atoms with E-state index in [2.05, 4.69) is 15.3 Å². The Balaban J connectivity index is 2.20. The number of aryl methyl sites for hydroxylation is 1. The predicted molar refractivity (Wildman–Crippen MR) is 92.9 cm³/mol. The van der Waals surface area contributed by atoms with Crippen LogP contribution in [0.4, 0.5) is 5.82 Å². The third-order valence-corrected chi connectivity index (χ3v) is 4.63. The molecule has 0 amide bonds. The van der Waals surface area contributed by atoms with E-state index in [1.54, 1.807) is 25.1 Å². The van der Waals surface area contributed by atoms with Crippen LogP contribution in [-0.2, 0) is 9.84 Å². The number of rotatable bonds is 7. The third kappa shape index (κ3) is 4.58. The Bertz CT molecular complexity index is 855. The molecule has 0 aliphatic rings. The summed E-state index contributed by atoms with van der Waals surface area (Å²) in [6, 6.07) is 5.05. The van der Waals surface area contributed by atoms with Crippen molar-refractivity contribution in [1.29, 1.82) is 0 Å². The van der Waals surface area contributed by atoms with Crippen molar-refractivity contribution in [2.24, 2.45) is 0 Å². The number of nitrogens with zero attached hydrogens (tertiary/aromatic N) is 2. The maximum Gasteiger partial charge on any atom is 0.180 e. The van der Waals surface area contributed by atoms with Crippen LogP contribution in [0.2, 0.25) is 0 Å². The molecule has 0 spiro atoms. The van der Waals surface area contributed by atoms with Crippen molar-refractivity contribution in [3.63, 3.8) is 0 Å². The lowest BCUT2D eigenvalue weighted by Gasteiger charge is -2.16. The lowest BCUT2D eigenvalue weighted by Crippen LogP contribution is -2.16. The first-order valence-electron chi connectivity index (χ1n) is 7.43. The molecule has 0 saturated carbocycles. The van der Waals surface area contributed by atoms with Crippen LogP contribution < -0.4 is 14.8 Å². The van der Waals surface area contributed by atoms with Crippen molar-refractivity contribution < 1.29 is 23.0 Å². The van der Waals surface area contributed by atoms with Crippen LogP contribution in [0.1, 0.15) is 17.5 Å². The number of nitrogens with one attached hydrogen (secondary N) is 1. The summed E-state index contributed by atoms with van der Waals surface area (Å²) in [5.74, 6) is 1.64. The largest absolute Gasteiger partial charge is 0.493 e. The van der Waals surface area contributed by atoms with Crippen molar-refractivity contribution in [2.75, 3.05) is 32.3 Å². The van der Waals surface area contributed by atoms with Gasteiger partial charge in [-0.2, -0.15) is 0 Å². The number of benzene rings is 1. The zero-order valence-electron chi connectivity index (χ0n) is 14.5. The number of hydrogen-bond donors (Lipinski definition) is 2. The number of sulfone groups is 1. The van der Waals surface area contributed by atoms with Crippen LogP contribution in [0.25, 0.3) is 0 Å². The molecule has 0 aliphatic carbocycles. The summed E-state index contributed by atoms with van der Waals surface area (Å²) in [4.78, 5) is 8.00. The average Bonchev–Trinajstić information content (AvgIpc) is 2.57. The summed E-state index contributed by atoms with van der Waals surface area (Å²) >= 11 is 0. The molecule has 2 rings (SSSR count). The van der Waals surface area contributed by atoms with Gasteiger partial charge < -0.3 is 19.9 Å². The number of hydrogen-bond acceptors (Lipinski definition) is 8. The smallest absolute Gasteiger partial charge is 0.180 e. The fraction of sp³-hybridized carbons (Fsp3) is 0.375. The van der Waals surface area contributed by atoms with E-state index in [9.17, 15) is 13.5 Å². The van der Waals surface area contributed by atoms with E-state index in [4.69, 9.17) is 9.47 Å². The first-order chi connectivity index (χ1) is 11.8. The molecule has 0 aliphatic heterocycles. The van der Waals surface area contributed by atoms with Crippen LogP contribution in [0.5, 0.6) is 11.5 Å². The average molecular weight is 367 g/mol. The lowest BCUT2D eigenvalue weighted by atomic mass is 10.1. The minimum atomic E-state index is -3.49. The van der Waals surface area contributed by atoms with Gasteiger partial charge in [-0.25, -0.2) is 18.4 Å². The van der Waals surface area contributed by atoms with Crippen molar-refractivity contribution in [3.05, 3.63) is 35.8 Å². The lowest BCUT2D eigenvalue weighted by molar-refractivity contribution is 0.190. The molecule has 1 atom stereocenters. The number of aliphatic hydroxyl groups is 1. The summed E-state index contributed by atoms with van der Waals surface area (Å²) in [7, 11) is -0.452. The van der Waals surface area contributed by atoms with E-state index in [0.29, 0.717) is 22.9 Å². The Kier molecular flexibility index (Phi) is 5.81. The second-order valence-corrected chi connectivity index (χ2v) is 7.40. The van der Waals surface area contributed by atoms with Gasteiger partial charge in [0.1, 0.15) is 16.5 Å². The van der Waals surface area contributed by atoms with Crippen LogP contribution in [0.15, 0.2) is 29.3 Å². The van der Waals surface area contributed by atoms with Crippen LogP contribution >= 0.6 is 0 Å². The van der Waals surface area contributed by atoms with Crippen molar-refractivity contribution in [2.45, 2.75) is 17.9 Å². The molecular formula is C16H21N3O5S. The van der Waals surface area contributed by atoms with Gasteiger partial charge in [0.2, 0.25) is 0 Å². The van der Waals surface area contributed by atoms with E-state index in [0.717, 1.165) is 6.26 Å². The molecule has 9 heteroatoms. The quantitative estimate of drug-likeness (QED) is 0.754. The summed E-state index contributed by atoms with van der Waals surface area (Å²) in [5, 5.41) is 13.2. The molecule has 1 unspecified atom stereocenters.